The van der Waals surface area contributed by atoms with E-state index in [-0.39, 0.29) is 0 Å². The van der Waals surface area contributed by atoms with Crippen LogP contribution in [0.25, 0.3) is 0 Å². The summed E-state index contributed by atoms with van der Waals surface area (Å²) in [6, 6.07) is 0.769. The standard InChI is InChI=1S/C13H22ClN/c14-9-8-13-7-4-10-15(13)11-12-5-2-1-3-6-12/h5,13H,1-4,6-11H2. The summed E-state index contributed by atoms with van der Waals surface area (Å²) in [5.41, 5.74) is 1.68. The van der Waals surface area contributed by atoms with E-state index in [0.717, 1.165) is 11.9 Å². The van der Waals surface area contributed by atoms with Crippen LogP contribution in [-0.4, -0.2) is 29.9 Å². The molecule has 15 heavy (non-hydrogen) atoms. The van der Waals surface area contributed by atoms with Gasteiger partial charge in [-0.1, -0.05) is 11.6 Å². The monoisotopic (exact) mass is 227 g/mol. The van der Waals surface area contributed by atoms with Crippen LogP contribution in [0.3, 0.4) is 0 Å². The fourth-order valence-electron chi connectivity index (χ4n) is 2.87. The Bertz CT molecular complexity index is 225. The minimum atomic E-state index is 0.769. The topological polar surface area (TPSA) is 3.24 Å². The summed E-state index contributed by atoms with van der Waals surface area (Å²) in [6.45, 7) is 2.51. The zero-order valence-electron chi connectivity index (χ0n) is 9.55. The van der Waals surface area contributed by atoms with Gasteiger partial charge in [0, 0.05) is 18.5 Å². The molecule has 0 aromatic rings. The Morgan fingerprint density at radius 1 is 1.33 bits per heavy atom. The van der Waals surface area contributed by atoms with Crippen molar-refractivity contribution in [3.05, 3.63) is 11.6 Å². The molecule has 1 heterocycles. The molecular weight excluding hydrogens is 206 g/mol. The lowest BCUT2D eigenvalue weighted by Crippen LogP contribution is -2.31. The maximum Gasteiger partial charge on any atom is 0.0238 e. The zero-order valence-corrected chi connectivity index (χ0v) is 10.3. The van der Waals surface area contributed by atoms with E-state index in [1.54, 1.807) is 5.57 Å². The Morgan fingerprint density at radius 2 is 2.27 bits per heavy atom. The summed E-state index contributed by atoms with van der Waals surface area (Å²) in [5, 5.41) is 0. The van der Waals surface area contributed by atoms with Gasteiger partial charge in [0.15, 0.2) is 0 Å². The molecule has 2 aliphatic rings. The number of hydrogen-bond acceptors (Lipinski definition) is 1. The Hall–Kier alpha value is -0.0100. The highest BCUT2D eigenvalue weighted by atomic mass is 35.5. The van der Waals surface area contributed by atoms with Crippen molar-refractivity contribution in [2.24, 2.45) is 0 Å². The molecule has 1 unspecified atom stereocenters. The number of nitrogens with zero attached hydrogens (tertiary/aromatic N) is 1. The Balaban J connectivity index is 1.84. The first kappa shape index (κ1) is 11.5. The second-order valence-corrected chi connectivity index (χ2v) is 5.23. The largest absolute Gasteiger partial charge is 0.296 e. The average molecular weight is 228 g/mol. The fraction of sp³-hybridized carbons (Fsp3) is 0.846. The Morgan fingerprint density at radius 3 is 3.00 bits per heavy atom. The molecule has 0 radical (unpaired) electrons. The quantitative estimate of drug-likeness (QED) is 0.524. The van der Waals surface area contributed by atoms with E-state index in [2.05, 4.69) is 11.0 Å². The first-order valence-electron chi connectivity index (χ1n) is 6.38. The van der Waals surface area contributed by atoms with Crippen molar-refractivity contribution in [2.45, 2.75) is 51.0 Å². The first-order chi connectivity index (χ1) is 7.40. The van der Waals surface area contributed by atoms with E-state index < -0.39 is 0 Å². The third-order valence-electron chi connectivity index (χ3n) is 3.73. The van der Waals surface area contributed by atoms with E-state index in [9.17, 15) is 0 Å². The fourth-order valence-corrected chi connectivity index (χ4v) is 3.12. The number of halogens is 1. The van der Waals surface area contributed by atoms with Crippen LogP contribution < -0.4 is 0 Å². The molecule has 1 aliphatic heterocycles. The highest BCUT2D eigenvalue weighted by Crippen LogP contribution is 2.25. The van der Waals surface area contributed by atoms with Crippen molar-refractivity contribution in [2.75, 3.05) is 19.0 Å². The van der Waals surface area contributed by atoms with Gasteiger partial charge in [-0.25, -0.2) is 0 Å². The van der Waals surface area contributed by atoms with Crippen molar-refractivity contribution < 1.29 is 0 Å². The normalized spacial score (nSPS) is 28.1. The number of hydrogen-bond donors (Lipinski definition) is 0. The molecule has 1 atom stereocenters. The maximum absolute atomic E-state index is 5.85. The maximum atomic E-state index is 5.85. The molecule has 2 rings (SSSR count). The van der Waals surface area contributed by atoms with Gasteiger partial charge in [-0.15, -0.1) is 11.6 Å². The second kappa shape index (κ2) is 5.91. The van der Waals surface area contributed by atoms with Crippen LogP contribution in [0, 0.1) is 0 Å². The van der Waals surface area contributed by atoms with Gasteiger partial charge in [-0.05, 0) is 51.5 Å². The zero-order chi connectivity index (χ0) is 10.5. The minimum absolute atomic E-state index is 0.769. The van der Waals surface area contributed by atoms with Gasteiger partial charge in [0.1, 0.15) is 0 Å². The van der Waals surface area contributed by atoms with Crippen LogP contribution in [-0.2, 0) is 0 Å². The first-order valence-corrected chi connectivity index (χ1v) is 6.91. The van der Waals surface area contributed by atoms with E-state index >= 15 is 0 Å². The van der Waals surface area contributed by atoms with E-state index in [4.69, 9.17) is 11.6 Å². The molecule has 1 saturated heterocycles. The molecule has 0 aromatic carbocycles. The highest BCUT2D eigenvalue weighted by Gasteiger charge is 2.24. The molecular formula is C13H22ClN. The third-order valence-corrected chi connectivity index (χ3v) is 3.95. The molecule has 0 saturated carbocycles. The minimum Gasteiger partial charge on any atom is -0.296 e. The van der Waals surface area contributed by atoms with Gasteiger partial charge < -0.3 is 0 Å². The molecule has 1 fully saturated rings. The average Bonchev–Trinajstić information content (AvgIpc) is 2.68. The summed E-state index contributed by atoms with van der Waals surface area (Å²) in [5.74, 6) is 0.820. The number of alkyl halides is 1. The lowest BCUT2D eigenvalue weighted by Gasteiger charge is -2.26. The van der Waals surface area contributed by atoms with Crippen LogP contribution in [0.15, 0.2) is 11.6 Å². The Labute approximate surface area is 98.5 Å². The van der Waals surface area contributed by atoms with Crippen LogP contribution >= 0.6 is 11.6 Å². The summed E-state index contributed by atoms with van der Waals surface area (Å²) >= 11 is 5.85. The van der Waals surface area contributed by atoms with Crippen molar-refractivity contribution in [1.82, 2.24) is 4.90 Å². The van der Waals surface area contributed by atoms with Gasteiger partial charge in [0.05, 0.1) is 0 Å². The van der Waals surface area contributed by atoms with Crippen LogP contribution in [0.4, 0.5) is 0 Å². The van der Waals surface area contributed by atoms with Crippen LogP contribution in [0.1, 0.15) is 44.9 Å². The second-order valence-electron chi connectivity index (χ2n) is 4.85. The number of rotatable bonds is 4. The molecule has 1 nitrogen and oxygen atoms in total. The van der Waals surface area contributed by atoms with Crippen molar-refractivity contribution in [3.8, 4) is 0 Å². The van der Waals surface area contributed by atoms with Gasteiger partial charge in [0.2, 0.25) is 0 Å². The Kier molecular flexibility index (Phi) is 4.52. The lowest BCUT2D eigenvalue weighted by molar-refractivity contribution is 0.266. The van der Waals surface area contributed by atoms with E-state index in [0.29, 0.717) is 0 Å². The van der Waals surface area contributed by atoms with Gasteiger partial charge >= 0.3 is 0 Å². The summed E-state index contributed by atoms with van der Waals surface area (Å²) in [7, 11) is 0. The molecule has 0 bridgehead atoms. The van der Waals surface area contributed by atoms with Crippen molar-refractivity contribution in [3.63, 3.8) is 0 Å². The van der Waals surface area contributed by atoms with E-state index in [1.807, 2.05) is 0 Å². The van der Waals surface area contributed by atoms with Crippen LogP contribution in [0.5, 0.6) is 0 Å². The SMILES string of the molecule is ClCCC1CCCN1CC1=CCCCC1. The highest BCUT2D eigenvalue weighted by molar-refractivity contribution is 6.17. The van der Waals surface area contributed by atoms with Gasteiger partial charge in [-0.2, -0.15) is 0 Å². The number of likely N-dealkylation sites (tertiary alicyclic amines) is 1. The summed E-state index contributed by atoms with van der Waals surface area (Å²) < 4.78 is 0. The van der Waals surface area contributed by atoms with Gasteiger partial charge in [0.25, 0.3) is 0 Å². The van der Waals surface area contributed by atoms with Crippen LogP contribution in [0.2, 0.25) is 0 Å². The molecule has 1 aliphatic carbocycles. The third kappa shape index (κ3) is 3.22. The summed E-state index contributed by atoms with van der Waals surface area (Å²) in [4.78, 5) is 2.65. The molecule has 0 amide bonds. The summed E-state index contributed by atoms with van der Waals surface area (Å²) in [6.07, 6.45) is 11.8. The lowest BCUT2D eigenvalue weighted by atomic mass is 9.99. The molecule has 0 aromatic heterocycles. The molecule has 0 N–H and O–H groups in total. The molecule has 0 spiro atoms. The molecule has 2 heteroatoms. The smallest absolute Gasteiger partial charge is 0.0238 e. The predicted molar refractivity (Wildman–Crippen MR) is 66.5 cm³/mol. The van der Waals surface area contributed by atoms with Crippen molar-refractivity contribution in [1.29, 1.82) is 0 Å². The predicted octanol–water partition coefficient (Wildman–Crippen LogP) is 3.58. The van der Waals surface area contributed by atoms with E-state index in [1.165, 1.54) is 58.0 Å². The van der Waals surface area contributed by atoms with Gasteiger partial charge in [-0.3, -0.25) is 4.90 Å². The van der Waals surface area contributed by atoms with Crippen molar-refractivity contribution >= 4 is 11.6 Å². The molecule has 86 valence electrons. The number of allylic oxidation sites excluding steroid dienone is 1.